The number of carbonyl (C=O) groups is 2. The van der Waals surface area contributed by atoms with Gasteiger partial charge in [-0.1, -0.05) is 6.07 Å². The van der Waals surface area contributed by atoms with Crippen LogP contribution in [0.1, 0.15) is 18.9 Å². The molecule has 3 N–H and O–H groups in total. The number of hydrogen-bond donors (Lipinski definition) is 3. The van der Waals surface area contributed by atoms with Gasteiger partial charge in [0.15, 0.2) is 0 Å². The van der Waals surface area contributed by atoms with Gasteiger partial charge in [0.05, 0.1) is 24.0 Å². The molecule has 0 radical (unpaired) electrons. The molecule has 2 aromatic rings. The van der Waals surface area contributed by atoms with Crippen molar-refractivity contribution in [3.05, 3.63) is 58.4 Å². The lowest BCUT2D eigenvalue weighted by atomic mass is 10.1. The zero-order valence-electron chi connectivity index (χ0n) is 15.1. The fourth-order valence-electron chi connectivity index (χ4n) is 2.40. The Labute approximate surface area is 160 Å². The first-order valence-corrected chi connectivity index (χ1v) is 8.47. The Morgan fingerprint density at radius 1 is 1.36 bits per heavy atom. The minimum Gasteiger partial charge on any atom is -0.494 e. The second kappa shape index (κ2) is 9.97. The van der Waals surface area contributed by atoms with E-state index in [1.54, 1.807) is 31.5 Å². The van der Waals surface area contributed by atoms with Crippen LogP contribution in [0.2, 0.25) is 0 Å². The summed E-state index contributed by atoms with van der Waals surface area (Å²) < 4.78 is 5.22. The molecule has 10 heteroatoms. The van der Waals surface area contributed by atoms with Gasteiger partial charge >= 0.3 is 5.97 Å². The fourth-order valence-corrected chi connectivity index (χ4v) is 2.40. The summed E-state index contributed by atoms with van der Waals surface area (Å²) in [6, 6.07) is 6.35. The Kier molecular flexibility index (Phi) is 7.40. The number of aliphatic carboxylic acids is 1. The lowest BCUT2D eigenvalue weighted by Crippen LogP contribution is -2.39. The van der Waals surface area contributed by atoms with Gasteiger partial charge < -0.3 is 15.2 Å². The lowest BCUT2D eigenvalue weighted by molar-refractivity contribution is -0.384. The van der Waals surface area contributed by atoms with Gasteiger partial charge in [0.2, 0.25) is 5.91 Å². The molecule has 0 fully saturated rings. The van der Waals surface area contributed by atoms with Crippen LogP contribution in [0.4, 0.5) is 11.4 Å². The van der Waals surface area contributed by atoms with E-state index in [-0.39, 0.29) is 17.9 Å². The zero-order chi connectivity index (χ0) is 20.5. The number of aromatic nitrogens is 1. The number of carboxylic acid groups (broad SMARTS) is 1. The predicted molar refractivity (Wildman–Crippen MR) is 100 cm³/mol. The van der Waals surface area contributed by atoms with Crippen molar-refractivity contribution in [2.45, 2.75) is 25.9 Å². The van der Waals surface area contributed by atoms with Gasteiger partial charge in [0, 0.05) is 18.9 Å². The quantitative estimate of drug-likeness (QED) is 0.414. The van der Waals surface area contributed by atoms with Crippen LogP contribution in [0, 0.1) is 10.1 Å². The van der Waals surface area contributed by atoms with Gasteiger partial charge in [-0.05, 0) is 30.7 Å². The van der Waals surface area contributed by atoms with Crippen LogP contribution in [0.25, 0.3) is 0 Å². The molecule has 2 rings (SSSR count). The molecule has 0 aliphatic rings. The van der Waals surface area contributed by atoms with E-state index in [4.69, 9.17) is 4.74 Å². The number of ether oxygens (including phenoxy) is 1. The number of nitro benzene ring substituents is 1. The van der Waals surface area contributed by atoms with Gasteiger partial charge in [-0.15, -0.1) is 0 Å². The highest BCUT2D eigenvalue weighted by Gasteiger charge is 2.23. The molecule has 10 nitrogen and oxygen atoms in total. The molecule has 1 unspecified atom stereocenters. The molecule has 148 valence electrons. The summed E-state index contributed by atoms with van der Waals surface area (Å²) in [6.45, 7) is 2.29. The van der Waals surface area contributed by atoms with Crippen LogP contribution in [0.3, 0.4) is 0 Å². The molecule has 0 spiro atoms. The first-order valence-electron chi connectivity index (χ1n) is 8.47. The molecule has 1 aromatic heterocycles. The highest BCUT2D eigenvalue weighted by Crippen LogP contribution is 2.29. The smallest absolute Gasteiger partial charge is 0.321 e. The number of hydrogen-bond acceptors (Lipinski definition) is 7. The van der Waals surface area contributed by atoms with Crippen LogP contribution >= 0.6 is 0 Å². The summed E-state index contributed by atoms with van der Waals surface area (Å²) in [6.07, 6.45) is 2.77. The van der Waals surface area contributed by atoms with E-state index in [2.05, 4.69) is 15.6 Å². The second-order valence-corrected chi connectivity index (χ2v) is 5.75. The third kappa shape index (κ3) is 6.02. The van der Waals surface area contributed by atoms with Crippen molar-refractivity contribution in [2.24, 2.45) is 0 Å². The molecule has 0 aliphatic carbocycles. The van der Waals surface area contributed by atoms with Crippen molar-refractivity contribution in [1.82, 2.24) is 10.3 Å². The van der Waals surface area contributed by atoms with E-state index in [1.807, 2.05) is 0 Å². The monoisotopic (exact) mass is 388 g/mol. The Bertz CT molecular complexity index is 843. The molecular formula is C18H20N4O6. The second-order valence-electron chi connectivity index (χ2n) is 5.75. The number of nitrogens with one attached hydrogen (secondary N) is 2. The first-order chi connectivity index (χ1) is 13.4. The zero-order valence-corrected chi connectivity index (χ0v) is 15.1. The average molecular weight is 388 g/mol. The maximum absolute atomic E-state index is 12.2. The highest BCUT2D eigenvalue weighted by molar-refractivity contribution is 5.95. The standard InChI is InChI=1S/C18H20N4O6/c1-2-28-13-5-6-14(16(8-13)22(26)27)21-17(23)9-15(18(24)25)20-11-12-4-3-7-19-10-12/h3-8,10,15,20H,2,9,11H2,1H3,(H,21,23)(H,24,25). The third-order valence-corrected chi connectivity index (χ3v) is 3.71. The number of nitro groups is 1. The molecule has 1 amide bonds. The summed E-state index contributed by atoms with van der Waals surface area (Å²) in [5.74, 6) is -1.58. The number of amides is 1. The molecule has 1 heterocycles. The SMILES string of the molecule is CCOc1ccc(NC(=O)CC(NCc2cccnc2)C(=O)O)c([N+](=O)[O-])c1. The molecule has 0 bridgehead atoms. The van der Waals surface area contributed by atoms with E-state index in [0.29, 0.717) is 12.4 Å². The van der Waals surface area contributed by atoms with Gasteiger partial charge in [0.1, 0.15) is 17.5 Å². The molecule has 0 saturated heterocycles. The number of pyridine rings is 1. The Morgan fingerprint density at radius 2 is 2.14 bits per heavy atom. The topological polar surface area (TPSA) is 144 Å². The van der Waals surface area contributed by atoms with E-state index < -0.39 is 29.3 Å². The largest absolute Gasteiger partial charge is 0.494 e. The Hall–Kier alpha value is -3.53. The number of carboxylic acids is 1. The maximum atomic E-state index is 12.2. The van der Waals surface area contributed by atoms with Gasteiger partial charge in [-0.25, -0.2) is 0 Å². The van der Waals surface area contributed by atoms with E-state index in [9.17, 15) is 24.8 Å². The Morgan fingerprint density at radius 3 is 2.75 bits per heavy atom. The van der Waals surface area contributed by atoms with Crippen molar-refractivity contribution in [2.75, 3.05) is 11.9 Å². The van der Waals surface area contributed by atoms with Crippen molar-refractivity contribution in [3.8, 4) is 5.75 Å². The van der Waals surface area contributed by atoms with Crippen molar-refractivity contribution in [3.63, 3.8) is 0 Å². The van der Waals surface area contributed by atoms with Crippen LogP contribution < -0.4 is 15.4 Å². The summed E-state index contributed by atoms with van der Waals surface area (Å²) in [5, 5.41) is 25.7. The molecular weight excluding hydrogens is 368 g/mol. The van der Waals surface area contributed by atoms with E-state index in [0.717, 1.165) is 5.56 Å². The van der Waals surface area contributed by atoms with Gasteiger partial charge in [-0.2, -0.15) is 0 Å². The molecule has 0 saturated carbocycles. The van der Waals surface area contributed by atoms with Crippen LogP contribution in [0.5, 0.6) is 5.75 Å². The molecule has 28 heavy (non-hydrogen) atoms. The summed E-state index contributed by atoms with van der Waals surface area (Å²) in [5.41, 5.74) is 0.389. The summed E-state index contributed by atoms with van der Waals surface area (Å²) in [4.78, 5) is 38.2. The lowest BCUT2D eigenvalue weighted by Gasteiger charge is -2.14. The van der Waals surface area contributed by atoms with Gasteiger partial charge in [-0.3, -0.25) is 30.0 Å². The number of rotatable bonds is 10. The first kappa shape index (κ1) is 20.8. The van der Waals surface area contributed by atoms with Crippen LogP contribution in [0.15, 0.2) is 42.7 Å². The summed E-state index contributed by atoms with van der Waals surface area (Å²) >= 11 is 0. The van der Waals surface area contributed by atoms with Gasteiger partial charge in [0.25, 0.3) is 5.69 Å². The maximum Gasteiger partial charge on any atom is 0.321 e. The molecule has 0 aliphatic heterocycles. The highest BCUT2D eigenvalue weighted by atomic mass is 16.6. The average Bonchev–Trinajstić information content (AvgIpc) is 2.67. The van der Waals surface area contributed by atoms with E-state index >= 15 is 0 Å². The summed E-state index contributed by atoms with van der Waals surface area (Å²) in [7, 11) is 0. The van der Waals surface area contributed by atoms with Crippen molar-refractivity contribution < 1.29 is 24.4 Å². The number of nitrogens with zero attached hydrogens (tertiary/aromatic N) is 2. The third-order valence-electron chi connectivity index (χ3n) is 3.71. The number of anilines is 1. The van der Waals surface area contributed by atoms with Crippen molar-refractivity contribution in [1.29, 1.82) is 0 Å². The van der Waals surface area contributed by atoms with Crippen molar-refractivity contribution >= 4 is 23.3 Å². The van der Waals surface area contributed by atoms with Crippen LogP contribution in [-0.4, -0.2) is 39.5 Å². The fraction of sp³-hybridized carbons (Fsp3) is 0.278. The number of carbonyl (C=O) groups excluding carboxylic acids is 1. The molecule has 1 aromatic carbocycles. The predicted octanol–water partition coefficient (Wildman–Crippen LogP) is 1.96. The van der Waals surface area contributed by atoms with E-state index in [1.165, 1.54) is 18.2 Å². The minimum absolute atomic E-state index is 0.0325. The Balaban J connectivity index is 2.04. The normalized spacial score (nSPS) is 11.5. The number of benzene rings is 1. The molecule has 1 atom stereocenters. The van der Waals surface area contributed by atoms with Crippen LogP contribution in [-0.2, 0) is 16.1 Å². The minimum atomic E-state index is -1.21.